The molecule has 4 heteroatoms. The van der Waals surface area contributed by atoms with E-state index in [1.54, 1.807) is 7.11 Å². The molecule has 1 rings (SSSR count). The number of carbonyl (C=O) groups is 1. The van der Waals surface area contributed by atoms with Gasteiger partial charge in [-0.1, -0.05) is 26.0 Å². The van der Waals surface area contributed by atoms with Crippen molar-refractivity contribution in [1.82, 2.24) is 5.32 Å². The molecule has 0 heterocycles. The molecule has 4 nitrogen and oxygen atoms in total. The molecular formula is C14H21NO3. The third-order valence-electron chi connectivity index (χ3n) is 2.59. The zero-order valence-corrected chi connectivity index (χ0v) is 11.4. The second kappa shape index (κ2) is 7.01. The molecular weight excluding hydrogens is 230 g/mol. The van der Waals surface area contributed by atoms with Gasteiger partial charge in [0.15, 0.2) is 0 Å². The van der Waals surface area contributed by atoms with E-state index in [4.69, 9.17) is 9.47 Å². The van der Waals surface area contributed by atoms with Crippen molar-refractivity contribution in [3.8, 4) is 5.75 Å². The first-order chi connectivity index (χ1) is 8.58. The number of ether oxygens (including phenoxy) is 2. The molecule has 0 saturated heterocycles. The summed E-state index contributed by atoms with van der Waals surface area (Å²) in [5.41, 5.74) is 0.849. The molecule has 0 spiro atoms. The minimum absolute atomic E-state index is 0.288. The zero-order valence-electron chi connectivity index (χ0n) is 11.4. The Morgan fingerprint density at radius 2 is 2.06 bits per heavy atom. The van der Waals surface area contributed by atoms with Crippen LogP contribution in [-0.4, -0.2) is 26.7 Å². The van der Waals surface area contributed by atoms with E-state index in [0.717, 1.165) is 17.9 Å². The van der Waals surface area contributed by atoms with E-state index in [0.29, 0.717) is 5.92 Å². The Morgan fingerprint density at radius 3 is 2.61 bits per heavy atom. The van der Waals surface area contributed by atoms with E-state index in [-0.39, 0.29) is 5.97 Å². The summed E-state index contributed by atoms with van der Waals surface area (Å²) in [5.74, 6) is 0.902. The average molecular weight is 251 g/mol. The van der Waals surface area contributed by atoms with Gasteiger partial charge in [-0.2, -0.15) is 0 Å². The SMILES string of the molecule is COC(=O)C(NCC(C)C)c1cccc(OC)c1. The Hall–Kier alpha value is -1.55. The lowest BCUT2D eigenvalue weighted by atomic mass is 10.1. The normalized spacial score (nSPS) is 12.3. The summed E-state index contributed by atoms with van der Waals surface area (Å²) in [4.78, 5) is 11.8. The molecule has 0 bridgehead atoms. The minimum atomic E-state index is -0.451. The largest absolute Gasteiger partial charge is 0.497 e. The monoisotopic (exact) mass is 251 g/mol. The smallest absolute Gasteiger partial charge is 0.327 e. The maximum Gasteiger partial charge on any atom is 0.327 e. The summed E-state index contributed by atoms with van der Waals surface area (Å²) in [6.07, 6.45) is 0. The highest BCUT2D eigenvalue weighted by Crippen LogP contribution is 2.20. The fourth-order valence-corrected chi connectivity index (χ4v) is 1.63. The molecule has 1 aromatic rings. The molecule has 1 N–H and O–H groups in total. The van der Waals surface area contributed by atoms with Crippen molar-refractivity contribution < 1.29 is 14.3 Å². The summed E-state index contributed by atoms with van der Waals surface area (Å²) < 4.78 is 9.99. The van der Waals surface area contributed by atoms with Crippen molar-refractivity contribution in [2.24, 2.45) is 5.92 Å². The molecule has 0 saturated carbocycles. The Balaban J connectivity index is 2.90. The van der Waals surface area contributed by atoms with Crippen molar-refractivity contribution in [3.05, 3.63) is 29.8 Å². The number of benzene rings is 1. The van der Waals surface area contributed by atoms with Crippen molar-refractivity contribution in [3.63, 3.8) is 0 Å². The van der Waals surface area contributed by atoms with E-state index in [2.05, 4.69) is 19.2 Å². The quantitative estimate of drug-likeness (QED) is 0.787. The molecule has 18 heavy (non-hydrogen) atoms. The lowest BCUT2D eigenvalue weighted by Gasteiger charge is -2.18. The molecule has 1 unspecified atom stereocenters. The number of hydrogen-bond donors (Lipinski definition) is 1. The van der Waals surface area contributed by atoms with E-state index in [9.17, 15) is 4.79 Å². The molecule has 0 fully saturated rings. The summed E-state index contributed by atoms with van der Waals surface area (Å²) in [6, 6.07) is 6.99. The number of carbonyl (C=O) groups excluding carboxylic acids is 1. The highest BCUT2D eigenvalue weighted by atomic mass is 16.5. The molecule has 1 atom stereocenters. The predicted molar refractivity (Wildman–Crippen MR) is 70.6 cm³/mol. The lowest BCUT2D eigenvalue weighted by molar-refractivity contribution is -0.143. The van der Waals surface area contributed by atoms with Crippen LogP contribution in [0.3, 0.4) is 0 Å². The topological polar surface area (TPSA) is 47.6 Å². The molecule has 100 valence electrons. The summed E-state index contributed by atoms with van der Waals surface area (Å²) >= 11 is 0. The van der Waals surface area contributed by atoms with Crippen LogP contribution in [-0.2, 0) is 9.53 Å². The van der Waals surface area contributed by atoms with Crippen LogP contribution in [0.15, 0.2) is 24.3 Å². The van der Waals surface area contributed by atoms with E-state index < -0.39 is 6.04 Å². The van der Waals surface area contributed by atoms with Gasteiger partial charge in [0, 0.05) is 0 Å². The van der Waals surface area contributed by atoms with Crippen LogP contribution in [0, 0.1) is 5.92 Å². The first kappa shape index (κ1) is 14.5. The summed E-state index contributed by atoms with van der Waals surface area (Å²) in [7, 11) is 3.00. The maximum atomic E-state index is 11.8. The fourth-order valence-electron chi connectivity index (χ4n) is 1.63. The molecule has 0 aliphatic carbocycles. The third kappa shape index (κ3) is 4.04. The van der Waals surface area contributed by atoms with Gasteiger partial charge in [0.1, 0.15) is 11.8 Å². The van der Waals surface area contributed by atoms with E-state index >= 15 is 0 Å². The molecule has 0 aliphatic heterocycles. The van der Waals surface area contributed by atoms with E-state index in [1.807, 2.05) is 24.3 Å². The number of hydrogen-bond acceptors (Lipinski definition) is 4. The van der Waals surface area contributed by atoms with Gasteiger partial charge >= 0.3 is 5.97 Å². The zero-order chi connectivity index (χ0) is 13.5. The van der Waals surface area contributed by atoms with Crippen molar-refractivity contribution in [1.29, 1.82) is 0 Å². The van der Waals surface area contributed by atoms with Gasteiger partial charge < -0.3 is 14.8 Å². The third-order valence-corrected chi connectivity index (χ3v) is 2.59. The number of rotatable bonds is 6. The van der Waals surface area contributed by atoms with Gasteiger partial charge in [-0.05, 0) is 30.2 Å². The Bertz CT molecular complexity index is 390. The van der Waals surface area contributed by atoms with Gasteiger partial charge in [0.25, 0.3) is 0 Å². The Labute approximate surface area is 108 Å². The standard InChI is InChI=1S/C14H21NO3/c1-10(2)9-15-13(14(16)18-4)11-6-5-7-12(8-11)17-3/h5-8,10,13,15H,9H2,1-4H3. The molecule has 0 amide bonds. The highest BCUT2D eigenvalue weighted by Gasteiger charge is 2.21. The van der Waals surface area contributed by atoms with Crippen LogP contribution in [0.1, 0.15) is 25.5 Å². The fraction of sp³-hybridized carbons (Fsp3) is 0.500. The second-order valence-electron chi connectivity index (χ2n) is 4.53. The summed E-state index contributed by atoms with van der Waals surface area (Å²) in [6.45, 7) is 4.93. The molecule has 0 aromatic heterocycles. The Morgan fingerprint density at radius 1 is 1.33 bits per heavy atom. The number of esters is 1. The minimum Gasteiger partial charge on any atom is -0.497 e. The lowest BCUT2D eigenvalue weighted by Crippen LogP contribution is -2.32. The Kier molecular flexibility index (Phi) is 5.65. The van der Waals surface area contributed by atoms with Crippen LogP contribution in [0.5, 0.6) is 5.75 Å². The second-order valence-corrected chi connectivity index (χ2v) is 4.53. The predicted octanol–water partition coefficient (Wildman–Crippen LogP) is 2.15. The van der Waals surface area contributed by atoms with Gasteiger partial charge in [-0.25, -0.2) is 4.79 Å². The van der Waals surface area contributed by atoms with Crippen LogP contribution >= 0.6 is 0 Å². The highest BCUT2D eigenvalue weighted by molar-refractivity contribution is 5.77. The van der Waals surface area contributed by atoms with Crippen molar-refractivity contribution >= 4 is 5.97 Å². The van der Waals surface area contributed by atoms with Crippen LogP contribution < -0.4 is 10.1 Å². The average Bonchev–Trinajstić information content (AvgIpc) is 2.38. The number of nitrogens with one attached hydrogen (secondary N) is 1. The van der Waals surface area contributed by atoms with Crippen LogP contribution in [0.4, 0.5) is 0 Å². The molecule has 0 radical (unpaired) electrons. The first-order valence-electron chi connectivity index (χ1n) is 6.03. The van der Waals surface area contributed by atoms with Gasteiger partial charge in [0.2, 0.25) is 0 Å². The van der Waals surface area contributed by atoms with Gasteiger partial charge in [-0.3, -0.25) is 0 Å². The van der Waals surface area contributed by atoms with E-state index in [1.165, 1.54) is 7.11 Å². The maximum absolute atomic E-state index is 11.8. The summed E-state index contributed by atoms with van der Waals surface area (Å²) in [5, 5.41) is 3.21. The van der Waals surface area contributed by atoms with Gasteiger partial charge in [-0.15, -0.1) is 0 Å². The number of methoxy groups -OCH3 is 2. The van der Waals surface area contributed by atoms with Gasteiger partial charge in [0.05, 0.1) is 14.2 Å². The van der Waals surface area contributed by atoms with Crippen molar-refractivity contribution in [2.75, 3.05) is 20.8 Å². The molecule has 0 aliphatic rings. The molecule has 1 aromatic carbocycles. The van der Waals surface area contributed by atoms with Crippen LogP contribution in [0.25, 0.3) is 0 Å². The van der Waals surface area contributed by atoms with Crippen LogP contribution in [0.2, 0.25) is 0 Å². The van der Waals surface area contributed by atoms with Crippen molar-refractivity contribution in [2.45, 2.75) is 19.9 Å². The first-order valence-corrected chi connectivity index (χ1v) is 6.03.